The molecule has 1 aliphatic rings. The predicted octanol–water partition coefficient (Wildman–Crippen LogP) is 2.30. The van der Waals surface area contributed by atoms with Crippen LogP contribution in [0.15, 0.2) is 23.2 Å². The first kappa shape index (κ1) is 12.4. The Morgan fingerprint density at radius 1 is 1.47 bits per heavy atom. The number of nitrogen functional groups attached to an aromatic ring is 1. The number of thiophene rings is 1. The molecule has 1 aliphatic carbocycles. The summed E-state index contributed by atoms with van der Waals surface area (Å²) in [6.45, 7) is 2.91. The fourth-order valence-corrected chi connectivity index (χ4v) is 2.88. The van der Waals surface area contributed by atoms with Gasteiger partial charge in [-0.1, -0.05) is 0 Å². The number of anilines is 2. The summed E-state index contributed by atoms with van der Waals surface area (Å²) in [5.74, 6) is 7.17. The molecule has 0 atom stereocenters. The Balaban J connectivity index is 1.92. The molecule has 3 N–H and O–H groups in total. The molecule has 0 amide bonds. The van der Waals surface area contributed by atoms with Crippen LogP contribution in [-0.2, 0) is 6.54 Å². The maximum Gasteiger partial charge on any atom is 0.148 e. The molecule has 0 unspecified atom stereocenters. The quantitative estimate of drug-likeness (QED) is 0.647. The highest BCUT2D eigenvalue weighted by Gasteiger charge is 2.31. The van der Waals surface area contributed by atoms with Crippen LogP contribution < -0.4 is 16.2 Å². The summed E-state index contributed by atoms with van der Waals surface area (Å²) < 4.78 is 0. The minimum absolute atomic E-state index is 0.596. The lowest BCUT2D eigenvalue weighted by Crippen LogP contribution is -2.27. The molecule has 3 rings (SSSR count). The first-order chi connectivity index (χ1) is 9.29. The van der Waals surface area contributed by atoms with Crippen LogP contribution in [0, 0.1) is 6.92 Å². The summed E-state index contributed by atoms with van der Waals surface area (Å²) in [5, 5.41) is 4.30. The third-order valence-corrected chi connectivity index (χ3v) is 4.12. The van der Waals surface area contributed by atoms with Crippen LogP contribution in [-0.4, -0.2) is 16.0 Å². The van der Waals surface area contributed by atoms with Gasteiger partial charge in [0.05, 0.1) is 0 Å². The highest BCUT2D eigenvalue weighted by atomic mass is 32.1. The maximum atomic E-state index is 5.49. The Hall–Kier alpha value is -1.66. The van der Waals surface area contributed by atoms with E-state index in [-0.39, 0.29) is 0 Å². The summed E-state index contributed by atoms with van der Waals surface area (Å²) in [6.07, 6.45) is 4.04. The molecule has 0 bridgehead atoms. The average Bonchev–Trinajstić information content (AvgIpc) is 3.14. The lowest BCUT2D eigenvalue weighted by molar-refractivity contribution is 0.772. The second-order valence-corrected chi connectivity index (χ2v) is 5.59. The summed E-state index contributed by atoms with van der Waals surface area (Å²) in [5.41, 5.74) is 4.97. The van der Waals surface area contributed by atoms with E-state index < -0.39 is 0 Å². The molecule has 0 aliphatic heterocycles. The Bertz CT molecular complexity index is 550. The van der Waals surface area contributed by atoms with Gasteiger partial charge in [-0.15, -0.1) is 0 Å². The minimum Gasteiger partial charge on any atom is -0.349 e. The smallest absolute Gasteiger partial charge is 0.148 e. The van der Waals surface area contributed by atoms with Crippen molar-refractivity contribution >= 4 is 23.0 Å². The Morgan fingerprint density at radius 3 is 2.95 bits per heavy atom. The zero-order valence-corrected chi connectivity index (χ0v) is 11.7. The highest BCUT2D eigenvalue weighted by Crippen LogP contribution is 2.34. The van der Waals surface area contributed by atoms with Gasteiger partial charge >= 0.3 is 0 Å². The lowest BCUT2D eigenvalue weighted by atomic mass is 10.2. The second-order valence-electron chi connectivity index (χ2n) is 4.81. The molecular formula is C13H17N5S. The van der Waals surface area contributed by atoms with Crippen molar-refractivity contribution in [3.05, 3.63) is 34.3 Å². The zero-order valence-electron chi connectivity index (χ0n) is 10.8. The van der Waals surface area contributed by atoms with E-state index in [0.717, 1.165) is 17.9 Å². The van der Waals surface area contributed by atoms with Crippen molar-refractivity contribution in [1.82, 2.24) is 9.97 Å². The largest absolute Gasteiger partial charge is 0.349 e. The van der Waals surface area contributed by atoms with Crippen molar-refractivity contribution in [3.63, 3.8) is 0 Å². The number of hydrogen-bond donors (Lipinski definition) is 2. The number of nitrogens with two attached hydrogens (primary N) is 1. The normalized spacial score (nSPS) is 14.4. The van der Waals surface area contributed by atoms with Gasteiger partial charge in [0.15, 0.2) is 0 Å². The zero-order chi connectivity index (χ0) is 13.2. The fraction of sp³-hybridized carbons (Fsp3) is 0.385. The number of hydrogen-bond acceptors (Lipinski definition) is 6. The van der Waals surface area contributed by atoms with Crippen LogP contribution in [0.1, 0.15) is 24.0 Å². The van der Waals surface area contributed by atoms with E-state index in [2.05, 4.69) is 37.1 Å². The molecule has 0 radical (unpaired) electrons. The molecule has 100 valence electrons. The summed E-state index contributed by atoms with van der Waals surface area (Å²) in [6, 6.07) is 2.76. The number of hydrazine groups is 1. The van der Waals surface area contributed by atoms with Crippen molar-refractivity contribution < 1.29 is 0 Å². The first-order valence-corrected chi connectivity index (χ1v) is 7.30. The van der Waals surface area contributed by atoms with Crippen LogP contribution in [0.3, 0.4) is 0 Å². The molecule has 0 saturated heterocycles. The lowest BCUT2D eigenvalue weighted by Gasteiger charge is -2.25. The van der Waals surface area contributed by atoms with Gasteiger partial charge in [0.2, 0.25) is 0 Å². The van der Waals surface area contributed by atoms with Gasteiger partial charge in [-0.2, -0.15) is 11.3 Å². The van der Waals surface area contributed by atoms with Gasteiger partial charge in [-0.25, -0.2) is 15.8 Å². The minimum atomic E-state index is 0.596. The molecule has 1 fully saturated rings. The van der Waals surface area contributed by atoms with Crippen molar-refractivity contribution in [2.24, 2.45) is 5.84 Å². The van der Waals surface area contributed by atoms with Crippen molar-refractivity contribution in [1.29, 1.82) is 0 Å². The second kappa shape index (κ2) is 5.14. The Labute approximate surface area is 116 Å². The van der Waals surface area contributed by atoms with E-state index in [9.17, 15) is 0 Å². The molecule has 1 saturated carbocycles. The van der Waals surface area contributed by atoms with Gasteiger partial charge in [0.25, 0.3) is 0 Å². The van der Waals surface area contributed by atoms with Crippen LogP contribution in [0.25, 0.3) is 0 Å². The summed E-state index contributed by atoms with van der Waals surface area (Å²) in [4.78, 5) is 11.0. The van der Waals surface area contributed by atoms with E-state index in [4.69, 9.17) is 5.84 Å². The monoisotopic (exact) mass is 275 g/mol. The number of rotatable bonds is 5. The van der Waals surface area contributed by atoms with Gasteiger partial charge in [0, 0.05) is 18.2 Å². The summed E-state index contributed by atoms with van der Waals surface area (Å²) in [7, 11) is 0. The molecule has 2 aromatic rings. The van der Waals surface area contributed by atoms with Crippen molar-refractivity contribution in [2.45, 2.75) is 32.4 Å². The summed E-state index contributed by atoms with van der Waals surface area (Å²) >= 11 is 1.73. The van der Waals surface area contributed by atoms with Crippen molar-refractivity contribution in [2.75, 3.05) is 10.3 Å². The van der Waals surface area contributed by atoms with E-state index in [1.807, 2.05) is 6.92 Å². The van der Waals surface area contributed by atoms with Gasteiger partial charge in [-0.05, 0) is 42.2 Å². The number of nitrogens with zero attached hydrogens (tertiary/aromatic N) is 3. The topological polar surface area (TPSA) is 67.1 Å². The molecule has 19 heavy (non-hydrogen) atoms. The van der Waals surface area contributed by atoms with Gasteiger partial charge in [-0.3, -0.25) is 0 Å². The standard InChI is InChI=1S/C13H17N5S/c1-9-12(17-14)15-8-16-13(9)18(11-2-3-11)6-10-4-5-19-7-10/h4-5,7-8,11H,2-3,6,14H2,1H3,(H,15,16,17). The maximum absolute atomic E-state index is 5.49. The first-order valence-electron chi connectivity index (χ1n) is 6.35. The average molecular weight is 275 g/mol. The van der Waals surface area contributed by atoms with Gasteiger partial charge in [0.1, 0.15) is 18.0 Å². The fourth-order valence-electron chi connectivity index (χ4n) is 2.22. The molecule has 0 spiro atoms. The SMILES string of the molecule is Cc1c(NN)ncnc1N(Cc1ccsc1)C1CC1. The molecule has 2 heterocycles. The molecule has 0 aromatic carbocycles. The molecule has 5 nitrogen and oxygen atoms in total. The third kappa shape index (κ3) is 2.54. The van der Waals surface area contributed by atoms with Gasteiger partial charge < -0.3 is 10.3 Å². The molecule has 2 aromatic heterocycles. The Morgan fingerprint density at radius 2 is 2.32 bits per heavy atom. The predicted molar refractivity (Wildman–Crippen MR) is 78.1 cm³/mol. The van der Waals surface area contributed by atoms with Crippen LogP contribution in [0.5, 0.6) is 0 Å². The third-order valence-electron chi connectivity index (χ3n) is 3.39. The van der Waals surface area contributed by atoms with E-state index in [1.165, 1.54) is 18.4 Å². The number of aromatic nitrogens is 2. The van der Waals surface area contributed by atoms with Crippen molar-refractivity contribution in [3.8, 4) is 0 Å². The van der Waals surface area contributed by atoms with E-state index >= 15 is 0 Å². The van der Waals surface area contributed by atoms with Crippen LogP contribution in [0.2, 0.25) is 0 Å². The Kier molecular flexibility index (Phi) is 3.35. The van der Waals surface area contributed by atoms with Crippen LogP contribution >= 0.6 is 11.3 Å². The van der Waals surface area contributed by atoms with E-state index in [0.29, 0.717) is 11.9 Å². The van der Waals surface area contributed by atoms with Crippen LogP contribution in [0.4, 0.5) is 11.6 Å². The molecular weight excluding hydrogens is 258 g/mol. The number of nitrogens with one attached hydrogen (secondary N) is 1. The highest BCUT2D eigenvalue weighted by molar-refractivity contribution is 7.07. The molecule has 6 heteroatoms. The van der Waals surface area contributed by atoms with E-state index in [1.54, 1.807) is 17.7 Å².